The maximum absolute atomic E-state index is 12.7. The molecule has 3 amide bonds. The lowest BCUT2D eigenvalue weighted by atomic mass is 10.1. The van der Waals surface area contributed by atoms with E-state index in [0.717, 1.165) is 4.90 Å². The normalized spacial score (nSPS) is 15.0. The number of nitrogens with zero attached hydrogens (tertiary/aromatic N) is 1. The van der Waals surface area contributed by atoms with Crippen molar-refractivity contribution in [3.63, 3.8) is 0 Å². The average molecular weight is 443 g/mol. The number of halogens is 2. The van der Waals surface area contributed by atoms with E-state index in [-0.39, 0.29) is 17.0 Å². The second kappa shape index (κ2) is 7.70. The van der Waals surface area contributed by atoms with Gasteiger partial charge in [-0.2, -0.15) is 0 Å². The van der Waals surface area contributed by atoms with Crippen molar-refractivity contribution in [1.29, 1.82) is 0 Å². The van der Waals surface area contributed by atoms with Crippen LogP contribution in [0.15, 0.2) is 64.7 Å². The Bertz CT molecular complexity index is 1230. The Labute approximate surface area is 180 Å². The second-order valence-electron chi connectivity index (χ2n) is 6.31. The van der Waals surface area contributed by atoms with Crippen LogP contribution in [0.4, 0.5) is 10.5 Å². The Morgan fingerprint density at radius 1 is 1.07 bits per heavy atom. The minimum absolute atomic E-state index is 0.0197. The molecule has 0 spiro atoms. The van der Waals surface area contributed by atoms with Gasteiger partial charge in [0.15, 0.2) is 0 Å². The van der Waals surface area contributed by atoms with Crippen LogP contribution in [0.25, 0.3) is 17.4 Å². The number of amides is 3. The first-order chi connectivity index (χ1) is 14.3. The quantitative estimate of drug-likeness (QED) is 0.434. The highest BCUT2D eigenvalue weighted by Crippen LogP contribution is 2.31. The first kappa shape index (κ1) is 19.8. The Hall–Kier alpha value is -3.55. The van der Waals surface area contributed by atoms with Gasteiger partial charge in [-0.15, -0.1) is 0 Å². The summed E-state index contributed by atoms with van der Waals surface area (Å²) in [7, 11) is 0. The van der Waals surface area contributed by atoms with Gasteiger partial charge in [0.05, 0.1) is 16.3 Å². The monoisotopic (exact) mass is 442 g/mol. The molecule has 9 heteroatoms. The molecule has 7 nitrogen and oxygen atoms in total. The molecule has 1 saturated heterocycles. The van der Waals surface area contributed by atoms with Gasteiger partial charge in [-0.25, -0.2) is 14.5 Å². The topological polar surface area (TPSA) is 99.9 Å². The molecule has 0 saturated carbocycles. The van der Waals surface area contributed by atoms with Crippen molar-refractivity contribution in [2.45, 2.75) is 0 Å². The Balaban J connectivity index is 1.64. The number of nitrogens with one attached hydrogen (secondary N) is 1. The van der Waals surface area contributed by atoms with Crippen LogP contribution >= 0.6 is 23.2 Å². The Kier molecular flexibility index (Phi) is 5.07. The van der Waals surface area contributed by atoms with Gasteiger partial charge in [0, 0.05) is 16.7 Å². The van der Waals surface area contributed by atoms with Crippen LogP contribution in [0.3, 0.4) is 0 Å². The van der Waals surface area contributed by atoms with E-state index in [9.17, 15) is 14.4 Å². The van der Waals surface area contributed by atoms with Crippen LogP contribution in [0.2, 0.25) is 10.0 Å². The summed E-state index contributed by atoms with van der Waals surface area (Å²) in [5.41, 5.74) is 0.807. The lowest BCUT2D eigenvalue weighted by molar-refractivity contribution is -0.113. The van der Waals surface area contributed by atoms with Gasteiger partial charge >= 0.3 is 12.0 Å². The zero-order chi connectivity index (χ0) is 21.4. The molecule has 2 aromatic carbocycles. The molecule has 0 atom stereocenters. The third-order valence-electron chi connectivity index (χ3n) is 4.34. The lowest BCUT2D eigenvalue weighted by Gasteiger charge is -2.11. The maximum Gasteiger partial charge on any atom is 0.335 e. The number of rotatable bonds is 4. The standard InChI is InChI=1S/C21H12Cl2N2O5/c22-12-2-1-3-13(9-12)25-19(26)17(24-21(25)29)10-14-5-7-18(30-14)15-8-11(20(27)28)4-6-16(15)23/h1-10H,(H,24,29)(H,27,28)/b17-10-. The lowest BCUT2D eigenvalue weighted by Crippen LogP contribution is -2.30. The minimum Gasteiger partial charge on any atom is -0.478 e. The number of hydrogen-bond donors (Lipinski definition) is 2. The molecule has 150 valence electrons. The molecule has 2 heterocycles. The van der Waals surface area contributed by atoms with E-state index in [1.807, 2.05) is 0 Å². The largest absolute Gasteiger partial charge is 0.478 e. The molecule has 0 bridgehead atoms. The van der Waals surface area contributed by atoms with E-state index in [0.29, 0.717) is 27.1 Å². The van der Waals surface area contributed by atoms with Crippen molar-refractivity contribution in [3.8, 4) is 11.3 Å². The van der Waals surface area contributed by atoms with Crippen molar-refractivity contribution >= 4 is 52.9 Å². The van der Waals surface area contributed by atoms with Crippen LogP contribution in [-0.2, 0) is 4.79 Å². The Morgan fingerprint density at radius 2 is 1.87 bits per heavy atom. The molecule has 3 aromatic rings. The molecule has 1 aliphatic rings. The summed E-state index contributed by atoms with van der Waals surface area (Å²) in [5.74, 6) is -1.06. The highest BCUT2D eigenvalue weighted by Gasteiger charge is 2.35. The number of benzene rings is 2. The van der Waals surface area contributed by atoms with Crippen molar-refractivity contribution in [1.82, 2.24) is 5.32 Å². The number of carboxylic acid groups (broad SMARTS) is 1. The van der Waals surface area contributed by atoms with Crippen molar-refractivity contribution in [2.75, 3.05) is 4.90 Å². The molecule has 1 aromatic heterocycles. The first-order valence-corrected chi connectivity index (χ1v) is 9.35. The summed E-state index contributed by atoms with van der Waals surface area (Å²) in [6, 6.07) is 13.2. The van der Waals surface area contributed by atoms with Gasteiger partial charge in [-0.3, -0.25) is 4.79 Å². The first-order valence-electron chi connectivity index (χ1n) is 8.59. The molecular formula is C21H12Cl2N2O5. The SMILES string of the molecule is O=C(O)c1ccc(Cl)c(-c2ccc(/C=C3\NC(=O)N(c4cccc(Cl)c4)C3=O)o2)c1. The number of carbonyl (C=O) groups is 3. The van der Waals surface area contributed by atoms with Gasteiger partial charge in [0.25, 0.3) is 5.91 Å². The molecule has 0 unspecified atom stereocenters. The second-order valence-corrected chi connectivity index (χ2v) is 7.15. The number of anilines is 1. The summed E-state index contributed by atoms with van der Waals surface area (Å²) in [5, 5.41) is 12.4. The molecule has 1 fully saturated rings. The van der Waals surface area contributed by atoms with Crippen LogP contribution < -0.4 is 10.2 Å². The third kappa shape index (κ3) is 3.68. The number of aromatic carboxylic acids is 1. The van der Waals surface area contributed by atoms with Crippen LogP contribution in [0, 0.1) is 0 Å². The van der Waals surface area contributed by atoms with Gasteiger partial charge < -0.3 is 14.8 Å². The third-order valence-corrected chi connectivity index (χ3v) is 4.90. The van der Waals surface area contributed by atoms with Gasteiger partial charge in [0.1, 0.15) is 17.2 Å². The highest BCUT2D eigenvalue weighted by molar-refractivity contribution is 6.33. The molecule has 1 aliphatic heterocycles. The Morgan fingerprint density at radius 3 is 2.60 bits per heavy atom. The summed E-state index contributed by atoms with van der Waals surface area (Å²) in [6.07, 6.45) is 1.38. The number of imide groups is 1. The molecule has 4 rings (SSSR count). The fourth-order valence-electron chi connectivity index (χ4n) is 2.95. The summed E-state index contributed by atoms with van der Waals surface area (Å²) < 4.78 is 5.69. The molecule has 0 aliphatic carbocycles. The zero-order valence-electron chi connectivity index (χ0n) is 15.1. The smallest absolute Gasteiger partial charge is 0.335 e. The molecule has 2 N–H and O–H groups in total. The van der Waals surface area contributed by atoms with Crippen molar-refractivity contribution in [3.05, 3.63) is 81.7 Å². The van der Waals surface area contributed by atoms with E-state index in [1.54, 1.807) is 30.3 Å². The van der Waals surface area contributed by atoms with E-state index in [2.05, 4.69) is 5.32 Å². The molecular weight excluding hydrogens is 431 g/mol. The van der Waals surface area contributed by atoms with Gasteiger partial charge in [0.2, 0.25) is 0 Å². The highest BCUT2D eigenvalue weighted by atomic mass is 35.5. The zero-order valence-corrected chi connectivity index (χ0v) is 16.6. The number of furan rings is 1. The van der Waals surface area contributed by atoms with E-state index >= 15 is 0 Å². The number of hydrogen-bond acceptors (Lipinski definition) is 4. The van der Waals surface area contributed by atoms with E-state index in [1.165, 1.54) is 30.3 Å². The maximum atomic E-state index is 12.7. The average Bonchev–Trinajstić information content (AvgIpc) is 3.26. The van der Waals surface area contributed by atoms with Crippen LogP contribution in [0.1, 0.15) is 16.1 Å². The minimum atomic E-state index is -1.10. The number of urea groups is 1. The van der Waals surface area contributed by atoms with Crippen LogP contribution in [0.5, 0.6) is 0 Å². The van der Waals surface area contributed by atoms with Gasteiger partial charge in [-0.05, 0) is 48.5 Å². The van der Waals surface area contributed by atoms with E-state index < -0.39 is 17.9 Å². The molecule has 30 heavy (non-hydrogen) atoms. The van der Waals surface area contributed by atoms with Crippen molar-refractivity contribution < 1.29 is 23.9 Å². The summed E-state index contributed by atoms with van der Waals surface area (Å²) in [6.45, 7) is 0. The number of carbonyl (C=O) groups excluding carboxylic acids is 2. The fourth-order valence-corrected chi connectivity index (χ4v) is 3.34. The van der Waals surface area contributed by atoms with Crippen LogP contribution in [-0.4, -0.2) is 23.0 Å². The predicted molar refractivity (Wildman–Crippen MR) is 112 cm³/mol. The number of carboxylic acids is 1. The van der Waals surface area contributed by atoms with E-state index in [4.69, 9.17) is 32.7 Å². The summed E-state index contributed by atoms with van der Waals surface area (Å²) >= 11 is 12.1. The predicted octanol–water partition coefficient (Wildman–Crippen LogP) is 5.05. The fraction of sp³-hybridized carbons (Fsp3) is 0. The van der Waals surface area contributed by atoms with Gasteiger partial charge in [-0.1, -0.05) is 29.3 Å². The summed E-state index contributed by atoms with van der Waals surface area (Å²) in [4.78, 5) is 37.1. The molecule has 0 radical (unpaired) electrons. The van der Waals surface area contributed by atoms with Crippen molar-refractivity contribution in [2.24, 2.45) is 0 Å².